The van der Waals surface area contributed by atoms with E-state index in [0.717, 1.165) is 56.8 Å². The van der Waals surface area contributed by atoms with E-state index in [-0.39, 0.29) is 11.3 Å². The molecule has 0 bridgehead atoms. The van der Waals surface area contributed by atoms with E-state index in [4.69, 9.17) is 15.0 Å². The molecule has 0 aliphatic carbocycles. The molecule has 1 unspecified atom stereocenters. The third-order valence-corrected chi connectivity index (χ3v) is 11.5. The van der Waals surface area contributed by atoms with Crippen molar-refractivity contribution in [3.05, 3.63) is 193 Å². The van der Waals surface area contributed by atoms with E-state index >= 15 is 0 Å². The predicted octanol–water partition coefficient (Wildman–Crippen LogP) is 13.9. The fourth-order valence-electron chi connectivity index (χ4n) is 8.43. The summed E-state index contributed by atoms with van der Waals surface area (Å²) < 4.78 is 2.37. The van der Waals surface area contributed by atoms with Gasteiger partial charge in [0.1, 0.15) is 5.82 Å². The molecule has 1 atom stereocenters. The molecule has 0 aliphatic rings. The quantitative estimate of drug-likeness (QED) is 0.163. The van der Waals surface area contributed by atoms with Crippen LogP contribution in [0.5, 0.6) is 0 Å². The Labute approximate surface area is 339 Å². The monoisotopic (exact) mass is 748 g/mol. The topological polar surface area (TPSA) is 43.6 Å². The van der Waals surface area contributed by atoms with E-state index in [1.165, 1.54) is 49.5 Å². The first-order chi connectivity index (χ1) is 28.3. The van der Waals surface area contributed by atoms with Crippen LogP contribution in [0.3, 0.4) is 0 Å². The molecule has 0 radical (unpaired) electrons. The summed E-state index contributed by atoms with van der Waals surface area (Å²) in [4.78, 5) is 15.5. The van der Waals surface area contributed by atoms with Gasteiger partial charge in [-0.1, -0.05) is 161 Å². The Morgan fingerprint density at radius 3 is 1.78 bits per heavy atom. The highest BCUT2D eigenvalue weighted by molar-refractivity contribution is 6.10. The zero-order chi connectivity index (χ0) is 39.4. The normalized spacial score (nSPS) is 12.5. The highest BCUT2D eigenvalue weighted by Crippen LogP contribution is 2.37. The molecule has 10 rings (SSSR count). The second-order valence-electron chi connectivity index (χ2n) is 16.6. The summed E-state index contributed by atoms with van der Waals surface area (Å²) in [6.07, 6.45) is 0.837. The Balaban J connectivity index is 0.946. The SMILES string of the molecule is CC(Cc1ccc(-c2ccc(-c3cc(C(C)(C)C)nc4ccccc34)cc2)cc1)c1nc(-c2ccc3c4ccccc4n(-c4ccccc4)c3c2)c2ccccc2n1. The molecule has 4 heteroatoms. The molecule has 0 fully saturated rings. The van der Waals surface area contributed by atoms with Gasteiger partial charge >= 0.3 is 0 Å². The van der Waals surface area contributed by atoms with Crippen molar-refractivity contribution in [2.24, 2.45) is 0 Å². The van der Waals surface area contributed by atoms with Gasteiger partial charge in [0.25, 0.3) is 0 Å². The van der Waals surface area contributed by atoms with E-state index in [2.05, 4.69) is 208 Å². The van der Waals surface area contributed by atoms with Crippen LogP contribution in [0.25, 0.3) is 82.8 Å². The van der Waals surface area contributed by atoms with Crippen molar-refractivity contribution in [1.82, 2.24) is 19.5 Å². The van der Waals surface area contributed by atoms with Crippen molar-refractivity contribution < 1.29 is 0 Å². The molecule has 0 aliphatic heterocycles. The molecular weight excluding hydrogens is 705 g/mol. The van der Waals surface area contributed by atoms with Gasteiger partial charge in [0.05, 0.1) is 27.8 Å². The molecule has 0 spiro atoms. The molecule has 3 aromatic heterocycles. The summed E-state index contributed by atoms with van der Waals surface area (Å²) in [6, 6.07) is 63.1. The van der Waals surface area contributed by atoms with E-state index < -0.39 is 0 Å². The van der Waals surface area contributed by atoms with E-state index in [1.54, 1.807) is 0 Å². The summed E-state index contributed by atoms with van der Waals surface area (Å²) >= 11 is 0. The van der Waals surface area contributed by atoms with Gasteiger partial charge in [-0.3, -0.25) is 4.98 Å². The van der Waals surface area contributed by atoms with Gasteiger partial charge in [-0.25, -0.2) is 9.97 Å². The summed E-state index contributed by atoms with van der Waals surface area (Å²) in [5.41, 5.74) is 14.7. The number of rotatable bonds is 7. The van der Waals surface area contributed by atoms with Gasteiger partial charge < -0.3 is 4.57 Å². The molecule has 0 amide bonds. The minimum Gasteiger partial charge on any atom is -0.309 e. The average Bonchev–Trinajstić information content (AvgIpc) is 3.59. The fraction of sp³-hybridized carbons (Fsp3) is 0.130. The third kappa shape index (κ3) is 6.41. The Morgan fingerprint density at radius 2 is 1.05 bits per heavy atom. The van der Waals surface area contributed by atoms with Gasteiger partial charge in [0.15, 0.2) is 0 Å². The van der Waals surface area contributed by atoms with E-state index in [9.17, 15) is 0 Å². The summed E-state index contributed by atoms with van der Waals surface area (Å²) in [5, 5.41) is 4.71. The van der Waals surface area contributed by atoms with E-state index in [0.29, 0.717) is 0 Å². The smallest absolute Gasteiger partial charge is 0.132 e. The molecular formula is C54H44N4. The van der Waals surface area contributed by atoms with Gasteiger partial charge in [-0.2, -0.15) is 0 Å². The van der Waals surface area contributed by atoms with Crippen LogP contribution in [0.15, 0.2) is 176 Å². The van der Waals surface area contributed by atoms with E-state index in [1.807, 2.05) is 0 Å². The maximum absolute atomic E-state index is 5.34. The second-order valence-corrected chi connectivity index (χ2v) is 16.6. The summed E-state index contributed by atoms with van der Waals surface area (Å²) in [6.45, 7) is 8.91. The third-order valence-electron chi connectivity index (χ3n) is 11.5. The van der Waals surface area contributed by atoms with Crippen LogP contribution in [0.2, 0.25) is 0 Å². The van der Waals surface area contributed by atoms with Crippen molar-refractivity contribution in [2.75, 3.05) is 0 Å². The lowest BCUT2D eigenvalue weighted by Crippen LogP contribution is -2.13. The van der Waals surface area contributed by atoms with Crippen LogP contribution in [0, 0.1) is 0 Å². The molecule has 0 saturated heterocycles. The highest BCUT2D eigenvalue weighted by Gasteiger charge is 2.20. The van der Waals surface area contributed by atoms with Crippen molar-refractivity contribution in [2.45, 2.75) is 45.4 Å². The molecule has 58 heavy (non-hydrogen) atoms. The Hall–Kier alpha value is -6.91. The van der Waals surface area contributed by atoms with Crippen LogP contribution in [0.1, 0.15) is 50.7 Å². The number of pyridine rings is 1. The molecule has 10 aromatic rings. The van der Waals surface area contributed by atoms with Crippen molar-refractivity contribution in [1.29, 1.82) is 0 Å². The van der Waals surface area contributed by atoms with Crippen molar-refractivity contribution in [3.8, 4) is 39.2 Å². The Morgan fingerprint density at radius 1 is 0.483 bits per heavy atom. The second kappa shape index (κ2) is 14.2. The highest BCUT2D eigenvalue weighted by atomic mass is 15.0. The number of nitrogens with zero attached hydrogens (tertiary/aromatic N) is 4. The number of fused-ring (bicyclic) bond motifs is 5. The minimum atomic E-state index is -0.0400. The number of para-hydroxylation sites is 4. The van der Waals surface area contributed by atoms with Crippen LogP contribution >= 0.6 is 0 Å². The molecule has 0 N–H and O–H groups in total. The van der Waals surface area contributed by atoms with Gasteiger partial charge in [-0.05, 0) is 76.7 Å². The summed E-state index contributed by atoms with van der Waals surface area (Å²) in [5.74, 6) is 0.969. The maximum atomic E-state index is 5.34. The first-order valence-corrected chi connectivity index (χ1v) is 20.2. The molecule has 7 aromatic carbocycles. The first kappa shape index (κ1) is 35.5. The predicted molar refractivity (Wildman–Crippen MR) is 243 cm³/mol. The lowest BCUT2D eigenvalue weighted by molar-refractivity contribution is 0.572. The van der Waals surface area contributed by atoms with Crippen molar-refractivity contribution >= 4 is 43.6 Å². The first-order valence-electron chi connectivity index (χ1n) is 20.2. The Bertz CT molecular complexity index is 3120. The lowest BCUT2D eigenvalue weighted by atomic mass is 9.88. The lowest BCUT2D eigenvalue weighted by Gasteiger charge is -2.20. The standard InChI is InChI=1S/C54H44N4/c1-35(32-36-22-24-37(25-23-36)38-26-28-39(29-27-38)46-34-51(54(2,3)4)55-47-19-11-8-16-42(46)47)53-56-48-20-12-9-18-45(48)52(57-53)40-30-31-44-43-17-10-13-21-49(43)58(50(44)33-40)41-14-6-5-7-15-41/h5-31,33-35H,32H2,1-4H3. The summed E-state index contributed by atoms with van der Waals surface area (Å²) in [7, 11) is 0. The van der Waals surface area contributed by atoms with Crippen LogP contribution in [-0.2, 0) is 11.8 Å². The molecule has 0 saturated carbocycles. The number of aromatic nitrogens is 4. The van der Waals surface area contributed by atoms with Gasteiger partial charge in [0, 0.05) is 49.8 Å². The zero-order valence-electron chi connectivity index (χ0n) is 33.3. The molecule has 4 nitrogen and oxygen atoms in total. The van der Waals surface area contributed by atoms with Crippen LogP contribution in [0.4, 0.5) is 0 Å². The maximum Gasteiger partial charge on any atom is 0.132 e. The van der Waals surface area contributed by atoms with Crippen LogP contribution in [-0.4, -0.2) is 19.5 Å². The largest absolute Gasteiger partial charge is 0.309 e. The van der Waals surface area contributed by atoms with Crippen molar-refractivity contribution in [3.63, 3.8) is 0 Å². The average molecular weight is 749 g/mol. The van der Waals surface area contributed by atoms with Gasteiger partial charge in [0.2, 0.25) is 0 Å². The molecule has 280 valence electrons. The fourth-order valence-corrected chi connectivity index (χ4v) is 8.43. The molecule has 3 heterocycles. The number of hydrogen-bond donors (Lipinski definition) is 0. The Kier molecular flexibility index (Phi) is 8.71. The minimum absolute atomic E-state index is 0.0400. The number of benzene rings is 7. The number of hydrogen-bond acceptors (Lipinski definition) is 3. The van der Waals surface area contributed by atoms with Gasteiger partial charge in [-0.15, -0.1) is 0 Å². The van der Waals surface area contributed by atoms with Crippen LogP contribution < -0.4 is 0 Å². The zero-order valence-corrected chi connectivity index (χ0v) is 33.3.